The summed E-state index contributed by atoms with van der Waals surface area (Å²) in [6.45, 7) is 2.71. The highest BCUT2D eigenvalue weighted by Gasteiger charge is 2.17. The molecular formula is C11H13N3O2. The van der Waals surface area contributed by atoms with Gasteiger partial charge in [-0.15, -0.1) is 0 Å². The van der Waals surface area contributed by atoms with Crippen LogP contribution in [0.4, 0.5) is 5.82 Å². The molecule has 0 aliphatic heterocycles. The summed E-state index contributed by atoms with van der Waals surface area (Å²) in [4.78, 5) is 11.0. The number of nitrogen functional groups attached to an aromatic ring is 1. The zero-order valence-corrected chi connectivity index (χ0v) is 9.01. The number of anilines is 1. The average Bonchev–Trinajstić information content (AvgIpc) is 2.88. The monoisotopic (exact) mass is 219 g/mol. The Morgan fingerprint density at radius 1 is 1.62 bits per heavy atom. The molecule has 0 fully saturated rings. The molecule has 0 aliphatic rings. The molecule has 0 unspecified atom stereocenters. The third-order valence-electron chi connectivity index (χ3n) is 2.34. The number of aromatic nitrogens is 2. The van der Waals surface area contributed by atoms with Gasteiger partial charge in [0.25, 0.3) is 0 Å². The van der Waals surface area contributed by atoms with Crippen molar-refractivity contribution < 1.29 is 9.21 Å². The van der Waals surface area contributed by atoms with Gasteiger partial charge in [0.2, 0.25) is 0 Å². The topological polar surface area (TPSA) is 74.0 Å². The largest absolute Gasteiger partial charge is 0.463 e. The molecular weight excluding hydrogens is 206 g/mol. The molecule has 0 saturated heterocycles. The minimum Gasteiger partial charge on any atom is -0.463 e. The minimum atomic E-state index is 0.392. The number of aldehydes is 1. The van der Waals surface area contributed by atoms with Gasteiger partial charge in [-0.05, 0) is 18.6 Å². The van der Waals surface area contributed by atoms with Crippen LogP contribution in [0.1, 0.15) is 23.7 Å². The fraction of sp³-hybridized carbons (Fsp3) is 0.273. The van der Waals surface area contributed by atoms with Gasteiger partial charge in [0.05, 0.1) is 11.8 Å². The van der Waals surface area contributed by atoms with E-state index in [1.54, 1.807) is 23.1 Å². The van der Waals surface area contributed by atoms with Crippen molar-refractivity contribution in [2.45, 2.75) is 19.9 Å². The Bertz CT molecular complexity index is 486. The van der Waals surface area contributed by atoms with Crippen molar-refractivity contribution in [2.75, 3.05) is 5.73 Å². The Kier molecular flexibility index (Phi) is 2.76. The van der Waals surface area contributed by atoms with Crippen molar-refractivity contribution in [1.82, 2.24) is 9.78 Å². The van der Waals surface area contributed by atoms with Gasteiger partial charge in [-0.2, -0.15) is 5.10 Å². The molecule has 0 atom stereocenters. The van der Waals surface area contributed by atoms with Crippen molar-refractivity contribution in [2.24, 2.45) is 0 Å². The number of aryl methyl sites for hydroxylation is 1. The molecule has 16 heavy (non-hydrogen) atoms. The van der Waals surface area contributed by atoms with E-state index in [4.69, 9.17) is 10.2 Å². The van der Waals surface area contributed by atoms with Gasteiger partial charge < -0.3 is 10.2 Å². The molecule has 0 bridgehead atoms. The van der Waals surface area contributed by atoms with Gasteiger partial charge in [0, 0.05) is 6.54 Å². The van der Waals surface area contributed by atoms with E-state index in [0.29, 0.717) is 35.7 Å². The fourth-order valence-electron chi connectivity index (χ4n) is 1.58. The van der Waals surface area contributed by atoms with Gasteiger partial charge in [0.1, 0.15) is 11.5 Å². The zero-order valence-electron chi connectivity index (χ0n) is 9.01. The third-order valence-corrected chi connectivity index (χ3v) is 2.34. The van der Waals surface area contributed by atoms with Crippen LogP contribution < -0.4 is 5.73 Å². The quantitative estimate of drug-likeness (QED) is 0.797. The van der Waals surface area contributed by atoms with E-state index >= 15 is 0 Å². The highest BCUT2D eigenvalue weighted by molar-refractivity contribution is 5.90. The van der Waals surface area contributed by atoms with Crippen molar-refractivity contribution in [3.63, 3.8) is 0 Å². The molecule has 2 N–H and O–H groups in total. The van der Waals surface area contributed by atoms with Crippen LogP contribution in [0.3, 0.4) is 0 Å². The molecule has 0 aromatic carbocycles. The molecule has 0 aliphatic carbocycles. The van der Waals surface area contributed by atoms with Crippen LogP contribution in [0.15, 0.2) is 22.8 Å². The van der Waals surface area contributed by atoms with Gasteiger partial charge >= 0.3 is 0 Å². The van der Waals surface area contributed by atoms with Crippen molar-refractivity contribution in [1.29, 1.82) is 0 Å². The molecule has 5 heteroatoms. The minimum absolute atomic E-state index is 0.392. The van der Waals surface area contributed by atoms with Crippen LogP contribution in [0.2, 0.25) is 0 Å². The number of rotatable bonds is 4. The van der Waals surface area contributed by atoms with Crippen LogP contribution >= 0.6 is 0 Å². The summed E-state index contributed by atoms with van der Waals surface area (Å²) < 4.78 is 6.84. The predicted molar refractivity (Wildman–Crippen MR) is 60.0 cm³/mol. The van der Waals surface area contributed by atoms with Crippen LogP contribution in [0.5, 0.6) is 0 Å². The number of hydrogen-bond acceptors (Lipinski definition) is 4. The Morgan fingerprint density at radius 2 is 2.44 bits per heavy atom. The van der Waals surface area contributed by atoms with E-state index in [1.165, 1.54) is 0 Å². The number of carbonyl (C=O) groups excluding carboxylic acids is 1. The molecule has 0 saturated carbocycles. The average molecular weight is 219 g/mol. The number of carbonyl (C=O) groups is 1. The molecule has 5 nitrogen and oxygen atoms in total. The van der Waals surface area contributed by atoms with Crippen molar-refractivity contribution >= 4 is 12.1 Å². The maximum absolute atomic E-state index is 11.0. The van der Waals surface area contributed by atoms with Gasteiger partial charge in [-0.3, -0.25) is 4.79 Å². The summed E-state index contributed by atoms with van der Waals surface area (Å²) in [7, 11) is 0. The molecule has 0 spiro atoms. The summed E-state index contributed by atoms with van der Waals surface area (Å²) in [5, 5.41) is 4.28. The first-order chi connectivity index (χ1) is 7.77. The predicted octanol–water partition coefficient (Wildman–Crippen LogP) is 1.95. The fourth-order valence-corrected chi connectivity index (χ4v) is 1.58. The van der Waals surface area contributed by atoms with E-state index in [9.17, 15) is 4.79 Å². The Labute approximate surface area is 92.9 Å². The van der Waals surface area contributed by atoms with Gasteiger partial charge in [-0.1, -0.05) is 6.92 Å². The lowest BCUT2D eigenvalue weighted by Gasteiger charge is -1.99. The SMILES string of the molecule is CCCn1nc(-c2ccco2)c(C=O)c1N. The standard InChI is InChI=1S/C11H13N3O2/c1-2-5-14-11(12)8(7-15)10(13-14)9-4-3-6-16-9/h3-4,6-7H,2,5,12H2,1H3. The molecule has 0 radical (unpaired) electrons. The summed E-state index contributed by atoms with van der Waals surface area (Å²) in [6, 6.07) is 3.50. The maximum atomic E-state index is 11.0. The smallest absolute Gasteiger partial charge is 0.156 e. The Hall–Kier alpha value is -2.04. The summed E-state index contributed by atoms with van der Waals surface area (Å²) in [5.41, 5.74) is 6.73. The molecule has 84 valence electrons. The van der Waals surface area contributed by atoms with E-state index in [1.807, 2.05) is 6.92 Å². The number of nitrogens with zero attached hydrogens (tertiary/aromatic N) is 2. The lowest BCUT2D eigenvalue weighted by molar-refractivity contribution is 0.112. The van der Waals surface area contributed by atoms with Crippen LogP contribution in [-0.2, 0) is 6.54 Å². The summed E-state index contributed by atoms with van der Waals surface area (Å²) >= 11 is 0. The first kappa shape index (κ1) is 10.5. The van der Waals surface area contributed by atoms with E-state index in [-0.39, 0.29) is 0 Å². The van der Waals surface area contributed by atoms with Crippen molar-refractivity contribution in [3.8, 4) is 11.5 Å². The molecule has 2 rings (SSSR count). The Morgan fingerprint density at radius 3 is 3.00 bits per heavy atom. The van der Waals surface area contributed by atoms with Crippen molar-refractivity contribution in [3.05, 3.63) is 24.0 Å². The molecule has 0 amide bonds. The molecule has 2 heterocycles. The molecule has 2 aromatic rings. The lowest BCUT2D eigenvalue weighted by atomic mass is 10.2. The first-order valence-electron chi connectivity index (χ1n) is 5.13. The highest BCUT2D eigenvalue weighted by Crippen LogP contribution is 2.26. The van der Waals surface area contributed by atoms with E-state index < -0.39 is 0 Å². The summed E-state index contributed by atoms with van der Waals surface area (Å²) in [5.74, 6) is 0.951. The zero-order chi connectivity index (χ0) is 11.5. The number of furan rings is 1. The normalized spacial score (nSPS) is 10.6. The van der Waals surface area contributed by atoms with Crippen LogP contribution in [-0.4, -0.2) is 16.1 Å². The Balaban J connectivity index is 2.53. The second kappa shape index (κ2) is 4.22. The maximum Gasteiger partial charge on any atom is 0.156 e. The van der Waals surface area contributed by atoms with Gasteiger partial charge in [-0.25, -0.2) is 4.68 Å². The van der Waals surface area contributed by atoms with E-state index in [0.717, 1.165) is 6.42 Å². The highest BCUT2D eigenvalue weighted by atomic mass is 16.3. The number of nitrogens with two attached hydrogens (primary N) is 1. The lowest BCUT2D eigenvalue weighted by Crippen LogP contribution is -2.04. The second-order valence-corrected chi connectivity index (χ2v) is 3.47. The van der Waals surface area contributed by atoms with Crippen LogP contribution in [0, 0.1) is 0 Å². The summed E-state index contributed by atoms with van der Waals surface area (Å²) in [6.07, 6.45) is 3.16. The molecule has 2 aromatic heterocycles. The second-order valence-electron chi connectivity index (χ2n) is 3.47. The first-order valence-corrected chi connectivity index (χ1v) is 5.13. The van der Waals surface area contributed by atoms with Gasteiger partial charge in [0.15, 0.2) is 12.0 Å². The third kappa shape index (κ3) is 1.60. The van der Waals surface area contributed by atoms with E-state index in [2.05, 4.69) is 5.10 Å². The number of hydrogen-bond donors (Lipinski definition) is 1. The van der Waals surface area contributed by atoms with Crippen LogP contribution in [0.25, 0.3) is 11.5 Å².